The van der Waals surface area contributed by atoms with Gasteiger partial charge in [-0.2, -0.15) is 0 Å². The van der Waals surface area contributed by atoms with Crippen LogP contribution in [0, 0.1) is 19.8 Å². The highest BCUT2D eigenvalue weighted by atomic mass is 16.1. The number of hydrogen-bond acceptors (Lipinski definition) is 1. The second kappa shape index (κ2) is 3.80. The Hall–Kier alpha value is -1.11. The van der Waals surface area contributed by atoms with Crippen LogP contribution in [0.4, 0.5) is 0 Å². The van der Waals surface area contributed by atoms with Crippen LogP contribution in [-0.2, 0) is 4.79 Å². The molecule has 0 radical (unpaired) electrons. The van der Waals surface area contributed by atoms with Crippen LogP contribution in [0.15, 0.2) is 18.2 Å². The molecule has 15 heavy (non-hydrogen) atoms. The first kappa shape index (κ1) is 10.4. The lowest BCUT2D eigenvalue weighted by Gasteiger charge is -2.16. The van der Waals surface area contributed by atoms with Crippen LogP contribution in [0.3, 0.4) is 0 Å². The number of hydrogen-bond donors (Lipinski definition) is 0. The lowest BCUT2D eigenvalue weighted by atomic mass is 9.88. The van der Waals surface area contributed by atoms with Gasteiger partial charge in [-0.1, -0.05) is 36.2 Å². The van der Waals surface area contributed by atoms with E-state index in [0.29, 0.717) is 11.7 Å². The Kier molecular flexibility index (Phi) is 2.64. The molecule has 0 N–H and O–H groups in total. The molecule has 1 aromatic carbocycles. The molecular formula is C14H18O. The number of benzene rings is 1. The fraction of sp³-hybridized carbons (Fsp3) is 0.500. The molecule has 1 nitrogen and oxygen atoms in total. The van der Waals surface area contributed by atoms with Crippen molar-refractivity contribution in [3.63, 3.8) is 0 Å². The van der Waals surface area contributed by atoms with Gasteiger partial charge >= 0.3 is 0 Å². The largest absolute Gasteiger partial charge is 0.299 e. The summed E-state index contributed by atoms with van der Waals surface area (Å²) in [6, 6.07) is 6.64. The minimum Gasteiger partial charge on any atom is -0.299 e. The Balaban J connectivity index is 2.33. The van der Waals surface area contributed by atoms with Gasteiger partial charge in [0.2, 0.25) is 0 Å². The van der Waals surface area contributed by atoms with E-state index in [1.54, 1.807) is 0 Å². The summed E-state index contributed by atoms with van der Waals surface area (Å²) in [5.41, 5.74) is 3.96. The molecule has 0 aromatic heterocycles. The van der Waals surface area contributed by atoms with Crippen molar-refractivity contribution >= 4 is 5.78 Å². The Bertz CT molecular complexity index is 372. The maximum absolute atomic E-state index is 11.5. The highest BCUT2D eigenvalue weighted by Gasteiger charge is 2.31. The minimum atomic E-state index is 0.214. The molecule has 2 rings (SSSR count). The van der Waals surface area contributed by atoms with Gasteiger partial charge in [-0.25, -0.2) is 0 Å². The first-order chi connectivity index (χ1) is 7.08. The molecule has 1 heteroatoms. The first-order valence-electron chi connectivity index (χ1n) is 5.69. The van der Waals surface area contributed by atoms with Crippen LogP contribution in [0.25, 0.3) is 0 Å². The summed E-state index contributed by atoms with van der Waals surface area (Å²) in [7, 11) is 0. The summed E-state index contributed by atoms with van der Waals surface area (Å²) in [5, 5.41) is 0. The van der Waals surface area contributed by atoms with Crippen molar-refractivity contribution in [2.45, 2.75) is 39.5 Å². The fourth-order valence-electron chi connectivity index (χ4n) is 2.68. The van der Waals surface area contributed by atoms with Crippen molar-refractivity contribution in [1.29, 1.82) is 0 Å². The van der Waals surface area contributed by atoms with E-state index < -0.39 is 0 Å². The van der Waals surface area contributed by atoms with Gasteiger partial charge in [0.1, 0.15) is 5.78 Å². The Morgan fingerprint density at radius 3 is 2.20 bits per heavy atom. The van der Waals surface area contributed by atoms with Gasteiger partial charge in [-0.3, -0.25) is 4.79 Å². The summed E-state index contributed by atoms with van der Waals surface area (Å²) in [6.07, 6.45) is 1.79. The van der Waals surface area contributed by atoms with Gasteiger partial charge in [-0.05, 0) is 31.7 Å². The third-order valence-corrected chi connectivity index (χ3v) is 3.49. The SMILES string of the molecule is Cc1cc(C)cc(C2CCC(=O)C2C)c1. The van der Waals surface area contributed by atoms with Crippen LogP contribution in [0.1, 0.15) is 42.4 Å². The minimum absolute atomic E-state index is 0.214. The summed E-state index contributed by atoms with van der Waals surface area (Å²) < 4.78 is 0. The summed E-state index contributed by atoms with van der Waals surface area (Å²) in [6.45, 7) is 6.31. The third-order valence-electron chi connectivity index (χ3n) is 3.49. The fourth-order valence-corrected chi connectivity index (χ4v) is 2.68. The molecule has 1 fully saturated rings. The van der Waals surface area contributed by atoms with Gasteiger partial charge in [0.25, 0.3) is 0 Å². The lowest BCUT2D eigenvalue weighted by Crippen LogP contribution is -2.09. The molecule has 1 aliphatic rings. The first-order valence-corrected chi connectivity index (χ1v) is 5.69. The number of aryl methyl sites for hydroxylation is 2. The zero-order valence-electron chi connectivity index (χ0n) is 9.71. The van der Waals surface area contributed by atoms with Gasteiger partial charge in [0.05, 0.1) is 0 Å². The van der Waals surface area contributed by atoms with E-state index in [9.17, 15) is 4.79 Å². The second-order valence-electron chi connectivity index (χ2n) is 4.82. The van der Waals surface area contributed by atoms with Crippen LogP contribution < -0.4 is 0 Å². The van der Waals surface area contributed by atoms with Crippen molar-refractivity contribution in [3.05, 3.63) is 34.9 Å². The van der Waals surface area contributed by atoms with Crippen LogP contribution in [0.5, 0.6) is 0 Å². The average Bonchev–Trinajstić information content (AvgIpc) is 2.46. The van der Waals surface area contributed by atoms with Crippen molar-refractivity contribution in [2.75, 3.05) is 0 Å². The maximum atomic E-state index is 11.5. The maximum Gasteiger partial charge on any atom is 0.136 e. The molecule has 0 amide bonds. The van der Waals surface area contributed by atoms with E-state index in [0.717, 1.165) is 12.8 Å². The van der Waals surface area contributed by atoms with Gasteiger partial charge in [0, 0.05) is 12.3 Å². The smallest absolute Gasteiger partial charge is 0.136 e. The van der Waals surface area contributed by atoms with E-state index in [1.807, 2.05) is 0 Å². The summed E-state index contributed by atoms with van der Waals surface area (Å²) in [4.78, 5) is 11.5. The zero-order valence-corrected chi connectivity index (χ0v) is 9.71. The number of carbonyl (C=O) groups excluding carboxylic acids is 1. The molecule has 0 heterocycles. The number of ketones is 1. The summed E-state index contributed by atoms with van der Waals surface area (Å²) in [5.74, 6) is 1.10. The van der Waals surface area contributed by atoms with E-state index in [1.165, 1.54) is 16.7 Å². The molecule has 0 aliphatic heterocycles. The van der Waals surface area contributed by atoms with Crippen LogP contribution in [-0.4, -0.2) is 5.78 Å². The third kappa shape index (κ3) is 1.97. The lowest BCUT2D eigenvalue weighted by molar-refractivity contribution is -0.120. The highest BCUT2D eigenvalue weighted by Crippen LogP contribution is 2.37. The predicted octanol–water partition coefficient (Wildman–Crippen LogP) is 3.39. The monoisotopic (exact) mass is 202 g/mol. The van der Waals surface area contributed by atoms with E-state index >= 15 is 0 Å². The van der Waals surface area contributed by atoms with Crippen LogP contribution >= 0.6 is 0 Å². The summed E-state index contributed by atoms with van der Waals surface area (Å²) >= 11 is 0. The topological polar surface area (TPSA) is 17.1 Å². The van der Waals surface area contributed by atoms with Gasteiger partial charge in [-0.15, -0.1) is 0 Å². The number of rotatable bonds is 1. The number of Topliss-reactive ketones (excluding diaryl/α,β-unsaturated/α-hetero) is 1. The molecule has 1 aliphatic carbocycles. The normalized spacial score (nSPS) is 25.9. The molecule has 1 saturated carbocycles. The van der Waals surface area contributed by atoms with Crippen molar-refractivity contribution in [2.24, 2.45) is 5.92 Å². The van der Waals surface area contributed by atoms with Crippen molar-refractivity contribution < 1.29 is 4.79 Å². The van der Waals surface area contributed by atoms with Crippen LogP contribution in [0.2, 0.25) is 0 Å². The second-order valence-corrected chi connectivity index (χ2v) is 4.82. The molecule has 2 atom stereocenters. The molecule has 0 spiro atoms. The van der Waals surface area contributed by atoms with Crippen molar-refractivity contribution in [1.82, 2.24) is 0 Å². The molecule has 1 aromatic rings. The standard InChI is InChI=1S/C14H18O/c1-9-6-10(2)8-12(7-9)13-4-5-14(15)11(13)3/h6-8,11,13H,4-5H2,1-3H3. The molecule has 0 saturated heterocycles. The van der Waals surface area contributed by atoms with Gasteiger partial charge < -0.3 is 0 Å². The quantitative estimate of drug-likeness (QED) is 0.682. The number of carbonyl (C=O) groups is 1. The average molecular weight is 202 g/mol. The van der Waals surface area contributed by atoms with E-state index in [2.05, 4.69) is 39.0 Å². The van der Waals surface area contributed by atoms with Crippen molar-refractivity contribution in [3.8, 4) is 0 Å². The Morgan fingerprint density at radius 2 is 1.73 bits per heavy atom. The Labute approximate surface area is 91.5 Å². The molecule has 0 bridgehead atoms. The van der Waals surface area contributed by atoms with E-state index in [-0.39, 0.29) is 5.92 Å². The Morgan fingerprint density at radius 1 is 1.13 bits per heavy atom. The van der Waals surface area contributed by atoms with Gasteiger partial charge in [0.15, 0.2) is 0 Å². The molecule has 80 valence electrons. The molecular weight excluding hydrogens is 184 g/mol. The predicted molar refractivity (Wildman–Crippen MR) is 62.1 cm³/mol. The highest BCUT2D eigenvalue weighted by molar-refractivity contribution is 5.84. The zero-order chi connectivity index (χ0) is 11.0. The molecule has 2 unspecified atom stereocenters. The van der Waals surface area contributed by atoms with E-state index in [4.69, 9.17) is 0 Å².